The number of aliphatic hydroxyl groups is 1. The molecule has 0 spiro atoms. The van der Waals surface area contributed by atoms with Crippen LogP contribution in [-0.4, -0.2) is 44.9 Å². The lowest BCUT2D eigenvalue weighted by Crippen LogP contribution is -2.56. The Bertz CT molecular complexity index is 1260. The number of hydrogen-bond acceptors (Lipinski definition) is 5. The van der Waals surface area contributed by atoms with Crippen LogP contribution < -0.4 is 10.6 Å². The highest BCUT2D eigenvalue weighted by Gasteiger charge is 2.46. The first-order chi connectivity index (χ1) is 16.2. The van der Waals surface area contributed by atoms with E-state index in [4.69, 9.17) is 5.26 Å². The summed E-state index contributed by atoms with van der Waals surface area (Å²) in [5.74, 6) is -0.743. The SMILES string of the molecule is CC(C)(C)[C@H](NC(=O)c1nn(Cc2ccc(C#N)cc2)c2ccccc12)C(=O)NC1(CO)CC1. The third-order valence-corrected chi connectivity index (χ3v) is 6.24. The maximum Gasteiger partial charge on any atom is 0.273 e. The minimum Gasteiger partial charge on any atom is -0.394 e. The van der Waals surface area contributed by atoms with E-state index in [1.165, 1.54) is 0 Å². The third-order valence-electron chi connectivity index (χ3n) is 6.24. The van der Waals surface area contributed by atoms with Gasteiger partial charge in [0, 0.05) is 5.39 Å². The standard InChI is InChI=1S/C26H29N5O3/c1-25(2,3)22(24(34)29-26(16-32)12-13-26)28-23(33)21-19-6-4-5-7-20(19)31(30-21)15-18-10-8-17(14-27)9-11-18/h4-11,22,32H,12-13,15-16H2,1-3H3,(H,28,33)(H,29,34)/t22-/m1/s1. The first-order valence-electron chi connectivity index (χ1n) is 11.3. The maximum absolute atomic E-state index is 13.4. The number of nitrogens with one attached hydrogen (secondary N) is 2. The van der Waals surface area contributed by atoms with E-state index in [-0.39, 0.29) is 18.2 Å². The van der Waals surface area contributed by atoms with Crippen molar-refractivity contribution in [2.45, 2.75) is 51.7 Å². The second-order valence-corrected chi connectivity index (χ2v) is 10.0. The Balaban J connectivity index is 1.61. The van der Waals surface area contributed by atoms with Crippen molar-refractivity contribution in [3.63, 3.8) is 0 Å². The molecule has 1 fully saturated rings. The normalized spacial score (nSPS) is 15.4. The summed E-state index contributed by atoms with van der Waals surface area (Å²) in [6, 6.07) is 16.0. The van der Waals surface area contributed by atoms with E-state index in [9.17, 15) is 14.7 Å². The monoisotopic (exact) mass is 459 g/mol. The lowest BCUT2D eigenvalue weighted by Gasteiger charge is -2.31. The number of nitriles is 1. The van der Waals surface area contributed by atoms with E-state index in [1.54, 1.807) is 16.8 Å². The molecule has 8 heteroatoms. The van der Waals surface area contributed by atoms with Crippen molar-refractivity contribution in [1.82, 2.24) is 20.4 Å². The van der Waals surface area contributed by atoms with Gasteiger partial charge in [0.05, 0.1) is 35.8 Å². The number of nitrogens with zero attached hydrogens (tertiary/aromatic N) is 3. The van der Waals surface area contributed by atoms with Crippen LogP contribution in [0.1, 0.15) is 55.2 Å². The molecule has 8 nitrogen and oxygen atoms in total. The predicted molar refractivity (Wildman–Crippen MR) is 128 cm³/mol. The molecule has 0 saturated heterocycles. The molecule has 1 heterocycles. The van der Waals surface area contributed by atoms with Crippen molar-refractivity contribution in [3.8, 4) is 6.07 Å². The molecule has 3 aromatic rings. The number of carbonyl (C=O) groups is 2. The molecular weight excluding hydrogens is 430 g/mol. The van der Waals surface area contributed by atoms with Crippen LogP contribution in [0.5, 0.6) is 0 Å². The molecule has 0 bridgehead atoms. The first kappa shape index (κ1) is 23.5. The van der Waals surface area contributed by atoms with Gasteiger partial charge in [-0.05, 0) is 42.0 Å². The second-order valence-electron chi connectivity index (χ2n) is 10.0. The largest absolute Gasteiger partial charge is 0.394 e. The van der Waals surface area contributed by atoms with Gasteiger partial charge >= 0.3 is 0 Å². The molecule has 1 atom stereocenters. The van der Waals surface area contributed by atoms with E-state index in [0.29, 0.717) is 17.5 Å². The van der Waals surface area contributed by atoms with Crippen LogP contribution in [0.2, 0.25) is 0 Å². The highest BCUT2D eigenvalue weighted by Crippen LogP contribution is 2.35. The van der Waals surface area contributed by atoms with Crippen LogP contribution in [0.3, 0.4) is 0 Å². The summed E-state index contributed by atoms with van der Waals surface area (Å²) in [4.78, 5) is 26.4. The summed E-state index contributed by atoms with van der Waals surface area (Å²) in [6.07, 6.45) is 1.45. The molecule has 3 N–H and O–H groups in total. The first-order valence-corrected chi connectivity index (χ1v) is 11.3. The van der Waals surface area contributed by atoms with Crippen LogP contribution in [0.4, 0.5) is 0 Å². The minimum absolute atomic E-state index is 0.117. The van der Waals surface area contributed by atoms with Crippen molar-refractivity contribution < 1.29 is 14.7 Å². The average molecular weight is 460 g/mol. The van der Waals surface area contributed by atoms with Crippen molar-refractivity contribution in [1.29, 1.82) is 5.26 Å². The van der Waals surface area contributed by atoms with Crippen molar-refractivity contribution in [2.24, 2.45) is 5.41 Å². The number of carbonyl (C=O) groups excluding carboxylic acids is 2. The lowest BCUT2D eigenvalue weighted by molar-refractivity contribution is -0.126. The number of rotatable bonds is 7. The molecule has 1 aromatic heterocycles. The molecular formula is C26H29N5O3. The summed E-state index contributed by atoms with van der Waals surface area (Å²) in [5.41, 5.74) is 1.45. The van der Waals surface area contributed by atoms with Crippen molar-refractivity contribution >= 4 is 22.7 Å². The van der Waals surface area contributed by atoms with E-state index in [0.717, 1.165) is 23.9 Å². The lowest BCUT2D eigenvalue weighted by atomic mass is 9.85. The number of benzene rings is 2. The maximum atomic E-state index is 13.4. The molecule has 4 rings (SSSR count). The van der Waals surface area contributed by atoms with Gasteiger partial charge in [-0.25, -0.2) is 0 Å². The third kappa shape index (κ3) is 4.80. The highest BCUT2D eigenvalue weighted by atomic mass is 16.3. The van der Waals surface area contributed by atoms with Gasteiger partial charge in [0.15, 0.2) is 5.69 Å². The molecule has 1 aliphatic rings. The number of amides is 2. The highest BCUT2D eigenvalue weighted by molar-refractivity contribution is 6.06. The van der Waals surface area contributed by atoms with E-state index in [1.807, 2.05) is 57.2 Å². The zero-order valence-corrected chi connectivity index (χ0v) is 19.6. The number of aliphatic hydroxyl groups excluding tert-OH is 1. The molecule has 2 aromatic carbocycles. The fourth-order valence-corrected chi connectivity index (χ4v) is 3.96. The van der Waals surface area contributed by atoms with Gasteiger partial charge in [-0.2, -0.15) is 10.4 Å². The molecule has 2 amide bonds. The topological polar surface area (TPSA) is 120 Å². The molecule has 1 aliphatic carbocycles. The summed E-state index contributed by atoms with van der Waals surface area (Å²) in [7, 11) is 0. The van der Waals surface area contributed by atoms with E-state index >= 15 is 0 Å². The van der Waals surface area contributed by atoms with Gasteiger partial charge in [0.1, 0.15) is 6.04 Å². The van der Waals surface area contributed by atoms with Gasteiger partial charge in [-0.1, -0.05) is 51.1 Å². The van der Waals surface area contributed by atoms with Gasteiger partial charge < -0.3 is 15.7 Å². The molecule has 0 aliphatic heterocycles. The van der Waals surface area contributed by atoms with Crippen LogP contribution in [0, 0.1) is 16.7 Å². The van der Waals surface area contributed by atoms with E-state index in [2.05, 4.69) is 21.8 Å². The smallest absolute Gasteiger partial charge is 0.273 e. The Morgan fingerprint density at radius 1 is 1.18 bits per heavy atom. The Kier molecular flexibility index (Phi) is 6.15. The van der Waals surface area contributed by atoms with Crippen LogP contribution in [-0.2, 0) is 11.3 Å². The Hall–Kier alpha value is -3.70. The van der Waals surface area contributed by atoms with Crippen LogP contribution in [0.15, 0.2) is 48.5 Å². The zero-order valence-electron chi connectivity index (χ0n) is 19.6. The Morgan fingerprint density at radius 2 is 1.85 bits per heavy atom. The fourth-order valence-electron chi connectivity index (χ4n) is 3.96. The molecule has 1 saturated carbocycles. The Labute approximate surface area is 198 Å². The number of aromatic nitrogens is 2. The number of para-hydroxylation sites is 1. The quantitative estimate of drug-likeness (QED) is 0.502. The molecule has 0 unspecified atom stereocenters. The van der Waals surface area contributed by atoms with Crippen LogP contribution >= 0.6 is 0 Å². The second kappa shape index (κ2) is 8.92. The minimum atomic E-state index is -0.800. The van der Waals surface area contributed by atoms with E-state index < -0.39 is 22.9 Å². The van der Waals surface area contributed by atoms with Gasteiger partial charge in [-0.3, -0.25) is 14.3 Å². The number of hydrogen-bond donors (Lipinski definition) is 3. The summed E-state index contributed by atoms with van der Waals surface area (Å²) < 4.78 is 1.75. The zero-order chi connectivity index (χ0) is 24.5. The van der Waals surface area contributed by atoms with Crippen LogP contribution in [0.25, 0.3) is 10.9 Å². The summed E-state index contributed by atoms with van der Waals surface area (Å²) >= 11 is 0. The predicted octanol–water partition coefficient (Wildman–Crippen LogP) is 2.74. The Morgan fingerprint density at radius 3 is 2.44 bits per heavy atom. The number of fused-ring (bicyclic) bond motifs is 1. The molecule has 176 valence electrons. The summed E-state index contributed by atoms with van der Waals surface area (Å²) in [5, 5.41) is 29.7. The molecule has 34 heavy (non-hydrogen) atoms. The van der Waals surface area contributed by atoms with Gasteiger partial charge in [0.2, 0.25) is 5.91 Å². The van der Waals surface area contributed by atoms with Crippen molar-refractivity contribution in [3.05, 3.63) is 65.4 Å². The van der Waals surface area contributed by atoms with Gasteiger partial charge in [0.25, 0.3) is 5.91 Å². The van der Waals surface area contributed by atoms with Crippen molar-refractivity contribution in [2.75, 3.05) is 6.61 Å². The summed E-state index contributed by atoms with van der Waals surface area (Å²) in [6.45, 7) is 5.97. The average Bonchev–Trinajstić information content (AvgIpc) is 3.50. The fraction of sp³-hybridized carbons (Fsp3) is 0.385. The van der Waals surface area contributed by atoms with Gasteiger partial charge in [-0.15, -0.1) is 0 Å². The molecule has 0 radical (unpaired) electrons.